The molecule has 2 heterocycles. The van der Waals surface area contributed by atoms with Crippen LogP contribution in [0.25, 0.3) is 0 Å². The van der Waals surface area contributed by atoms with E-state index in [0.717, 1.165) is 5.69 Å². The summed E-state index contributed by atoms with van der Waals surface area (Å²) in [6.45, 7) is 2.80. The molecule has 0 spiro atoms. The summed E-state index contributed by atoms with van der Waals surface area (Å²) in [6, 6.07) is 0. The van der Waals surface area contributed by atoms with Gasteiger partial charge in [-0.1, -0.05) is 0 Å². The lowest BCUT2D eigenvalue weighted by atomic mass is 10.1. The summed E-state index contributed by atoms with van der Waals surface area (Å²) >= 11 is 0. The summed E-state index contributed by atoms with van der Waals surface area (Å²) in [5, 5.41) is 13.0. The Bertz CT molecular complexity index is 495. The van der Waals surface area contributed by atoms with Crippen molar-refractivity contribution in [1.82, 2.24) is 14.7 Å². The highest BCUT2D eigenvalue weighted by molar-refractivity contribution is 5.87. The number of aryl methyl sites for hydroxylation is 1. The van der Waals surface area contributed by atoms with Crippen LogP contribution in [0.3, 0.4) is 0 Å². The van der Waals surface area contributed by atoms with Crippen LogP contribution in [0.5, 0.6) is 0 Å². The van der Waals surface area contributed by atoms with Gasteiger partial charge in [-0.25, -0.2) is 9.59 Å². The van der Waals surface area contributed by atoms with E-state index in [1.54, 1.807) is 18.7 Å². The topological polar surface area (TPSA) is 84.7 Å². The third kappa shape index (κ3) is 2.03. The lowest BCUT2D eigenvalue weighted by Gasteiger charge is -2.26. The molecule has 18 heavy (non-hydrogen) atoms. The summed E-state index contributed by atoms with van der Waals surface area (Å²) in [5.41, 5.74) is 1.48. The maximum atomic E-state index is 11.6. The van der Waals surface area contributed by atoms with Gasteiger partial charge in [-0.2, -0.15) is 5.10 Å². The summed E-state index contributed by atoms with van der Waals surface area (Å²) in [7, 11) is 1.71. The van der Waals surface area contributed by atoms with Gasteiger partial charge in [0.15, 0.2) is 5.69 Å². The average molecular weight is 253 g/mol. The van der Waals surface area contributed by atoms with Gasteiger partial charge in [0, 0.05) is 31.3 Å². The van der Waals surface area contributed by atoms with Crippen LogP contribution in [-0.4, -0.2) is 45.0 Å². The molecule has 0 saturated carbocycles. The number of rotatable bonds is 2. The molecular formula is C11H15N3O4. The highest BCUT2D eigenvalue weighted by Crippen LogP contribution is 2.22. The first kappa shape index (κ1) is 12.4. The fourth-order valence-corrected chi connectivity index (χ4v) is 2.13. The van der Waals surface area contributed by atoms with Crippen molar-refractivity contribution in [3.63, 3.8) is 0 Å². The molecular weight excluding hydrogens is 238 g/mol. The molecule has 1 amide bonds. The minimum absolute atomic E-state index is 0.0153. The maximum absolute atomic E-state index is 11.6. The van der Waals surface area contributed by atoms with Gasteiger partial charge in [0.2, 0.25) is 0 Å². The first-order valence-electron chi connectivity index (χ1n) is 5.74. The van der Waals surface area contributed by atoms with Gasteiger partial charge >= 0.3 is 12.1 Å². The van der Waals surface area contributed by atoms with Crippen LogP contribution < -0.4 is 0 Å². The molecule has 0 unspecified atom stereocenters. The molecule has 0 bridgehead atoms. The number of carbonyl (C=O) groups is 2. The lowest BCUT2D eigenvalue weighted by molar-refractivity contribution is 0.0684. The highest BCUT2D eigenvalue weighted by atomic mass is 16.6. The number of aromatic nitrogens is 2. The van der Waals surface area contributed by atoms with Gasteiger partial charge in [0.1, 0.15) is 0 Å². The number of amides is 1. The SMILES string of the molecule is CCOC(=O)N1CCc2c(c(C(=O)O)nn2C)C1. The molecule has 0 aromatic carbocycles. The third-order valence-corrected chi connectivity index (χ3v) is 2.97. The average Bonchev–Trinajstić information content (AvgIpc) is 2.67. The van der Waals surface area contributed by atoms with Crippen LogP contribution in [0.2, 0.25) is 0 Å². The monoisotopic (exact) mass is 253 g/mol. The van der Waals surface area contributed by atoms with Crippen molar-refractivity contribution in [3.05, 3.63) is 17.0 Å². The van der Waals surface area contributed by atoms with Crippen molar-refractivity contribution in [2.45, 2.75) is 19.9 Å². The lowest BCUT2D eigenvalue weighted by Crippen LogP contribution is -2.37. The van der Waals surface area contributed by atoms with E-state index in [4.69, 9.17) is 9.84 Å². The molecule has 1 N–H and O–H groups in total. The molecule has 0 atom stereocenters. The third-order valence-electron chi connectivity index (χ3n) is 2.97. The number of aromatic carboxylic acids is 1. The molecule has 1 aromatic heterocycles. The second-order valence-corrected chi connectivity index (χ2v) is 4.07. The Morgan fingerprint density at radius 1 is 1.50 bits per heavy atom. The van der Waals surface area contributed by atoms with E-state index in [-0.39, 0.29) is 12.2 Å². The Morgan fingerprint density at radius 2 is 2.22 bits per heavy atom. The number of carboxylic acid groups (broad SMARTS) is 1. The normalized spacial score (nSPS) is 14.2. The number of hydrogen-bond donors (Lipinski definition) is 1. The number of fused-ring (bicyclic) bond motifs is 1. The van der Waals surface area contributed by atoms with Crippen LogP contribution in [-0.2, 0) is 24.8 Å². The van der Waals surface area contributed by atoms with Crippen LogP contribution in [0, 0.1) is 0 Å². The Kier molecular flexibility index (Phi) is 3.22. The molecule has 0 saturated heterocycles. The summed E-state index contributed by atoms with van der Waals surface area (Å²) in [4.78, 5) is 24.2. The number of nitrogens with zero attached hydrogens (tertiary/aromatic N) is 3. The number of carboxylic acids is 1. The van der Waals surface area contributed by atoms with E-state index in [9.17, 15) is 9.59 Å². The molecule has 98 valence electrons. The van der Waals surface area contributed by atoms with E-state index in [1.807, 2.05) is 0 Å². The molecule has 7 nitrogen and oxygen atoms in total. The van der Waals surface area contributed by atoms with Gasteiger partial charge < -0.3 is 14.7 Å². The second-order valence-electron chi connectivity index (χ2n) is 4.07. The number of hydrogen-bond acceptors (Lipinski definition) is 4. The largest absolute Gasteiger partial charge is 0.476 e. The van der Waals surface area contributed by atoms with Crippen molar-refractivity contribution >= 4 is 12.1 Å². The summed E-state index contributed by atoms with van der Waals surface area (Å²) < 4.78 is 6.49. The smallest absolute Gasteiger partial charge is 0.410 e. The molecule has 1 aliphatic heterocycles. The zero-order valence-electron chi connectivity index (χ0n) is 10.3. The van der Waals surface area contributed by atoms with Crippen molar-refractivity contribution in [2.75, 3.05) is 13.2 Å². The van der Waals surface area contributed by atoms with Crippen molar-refractivity contribution in [3.8, 4) is 0 Å². The highest BCUT2D eigenvalue weighted by Gasteiger charge is 2.29. The summed E-state index contributed by atoms with van der Waals surface area (Å²) in [6.07, 6.45) is 0.175. The molecule has 0 radical (unpaired) electrons. The molecule has 0 aliphatic carbocycles. The first-order chi connectivity index (χ1) is 8.54. The van der Waals surface area contributed by atoms with Gasteiger partial charge in [0.25, 0.3) is 0 Å². The Hall–Kier alpha value is -2.05. The van der Waals surface area contributed by atoms with Gasteiger partial charge in [-0.3, -0.25) is 4.68 Å². The zero-order valence-corrected chi connectivity index (χ0v) is 10.3. The minimum Gasteiger partial charge on any atom is -0.476 e. The molecule has 2 rings (SSSR count). The number of carbonyl (C=O) groups excluding carboxylic acids is 1. The molecule has 1 aromatic rings. The molecule has 7 heteroatoms. The first-order valence-corrected chi connectivity index (χ1v) is 5.74. The summed E-state index contributed by atoms with van der Waals surface area (Å²) in [5.74, 6) is -1.07. The standard InChI is InChI=1S/C11H15N3O4/c1-3-18-11(17)14-5-4-8-7(6-14)9(10(15)16)12-13(8)2/h3-6H2,1-2H3,(H,15,16). The Morgan fingerprint density at radius 3 is 2.83 bits per heavy atom. The minimum atomic E-state index is -1.07. The predicted octanol–water partition coefficient (Wildman–Crippen LogP) is 0.633. The van der Waals surface area contributed by atoms with Crippen molar-refractivity contribution in [1.29, 1.82) is 0 Å². The van der Waals surface area contributed by atoms with Crippen molar-refractivity contribution in [2.24, 2.45) is 7.05 Å². The molecule has 0 fully saturated rings. The number of ether oxygens (including phenoxy) is 1. The van der Waals surface area contributed by atoms with E-state index in [2.05, 4.69) is 5.10 Å². The van der Waals surface area contributed by atoms with Gasteiger partial charge in [0.05, 0.1) is 13.2 Å². The van der Waals surface area contributed by atoms with E-state index in [0.29, 0.717) is 25.1 Å². The fourth-order valence-electron chi connectivity index (χ4n) is 2.13. The van der Waals surface area contributed by atoms with Crippen molar-refractivity contribution < 1.29 is 19.4 Å². The zero-order chi connectivity index (χ0) is 13.3. The fraction of sp³-hybridized carbons (Fsp3) is 0.545. The maximum Gasteiger partial charge on any atom is 0.410 e. The van der Waals surface area contributed by atoms with E-state index >= 15 is 0 Å². The van der Waals surface area contributed by atoms with Crippen LogP contribution in [0.4, 0.5) is 4.79 Å². The quantitative estimate of drug-likeness (QED) is 0.835. The van der Waals surface area contributed by atoms with Gasteiger partial charge in [-0.05, 0) is 6.92 Å². The predicted molar refractivity (Wildman–Crippen MR) is 61.3 cm³/mol. The van der Waals surface area contributed by atoms with Crippen LogP contribution >= 0.6 is 0 Å². The van der Waals surface area contributed by atoms with E-state index < -0.39 is 12.1 Å². The van der Waals surface area contributed by atoms with Crippen LogP contribution in [0.15, 0.2) is 0 Å². The van der Waals surface area contributed by atoms with E-state index in [1.165, 1.54) is 4.90 Å². The Labute approximate surface area is 104 Å². The Balaban J connectivity index is 2.27. The van der Waals surface area contributed by atoms with Crippen LogP contribution in [0.1, 0.15) is 28.7 Å². The second kappa shape index (κ2) is 4.67. The van der Waals surface area contributed by atoms with Gasteiger partial charge in [-0.15, -0.1) is 0 Å². The molecule has 1 aliphatic rings.